The van der Waals surface area contributed by atoms with Crippen LogP contribution in [-0.2, 0) is 16.4 Å². The molecule has 0 radical (unpaired) electrons. The number of aliphatic hydroxyl groups excluding tert-OH is 1. The Bertz CT molecular complexity index is 902. The number of ether oxygens (including phenoxy) is 1. The SMILES string of the molecule is Cc1ccc(S(=O)(=O)NC(c2ccc3c(c2)CCO3)C2CC(O)C2)cc1. The van der Waals surface area contributed by atoms with Gasteiger partial charge < -0.3 is 9.84 Å². The number of sulfonamides is 1. The molecule has 6 heteroatoms. The quantitative estimate of drug-likeness (QED) is 0.845. The molecule has 1 fully saturated rings. The summed E-state index contributed by atoms with van der Waals surface area (Å²) in [6.45, 7) is 2.59. The fourth-order valence-electron chi connectivity index (χ4n) is 3.69. The maximum absolute atomic E-state index is 12.9. The van der Waals surface area contributed by atoms with Crippen LogP contribution in [0.4, 0.5) is 0 Å². The Hall–Kier alpha value is -1.89. The molecule has 4 rings (SSSR count). The van der Waals surface area contributed by atoms with E-state index in [1.54, 1.807) is 24.3 Å². The summed E-state index contributed by atoms with van der Waals surface area (Å²) in [5.41, 5.74) is 3.06. The second kappa shape index (κ2) is 6.68. The largest absolute Gasteiger partial charge is 0.493 e. The van der Waals surface area contributed by atoms with Gasteiger partial charge in [0, 0.05) is 12.5 Å². The van der Waals surface area contributed by atoms with Gasteiger partial charge in [-0.15, -0.1) is 0 Å². The Kier molecular flexibility index (Phi) is 4.50. The van der Waals surface area contributed by atoms with Crippen molar-refractivity contribution in [2.24, 2.45) is 5.92 Å². The number of aryl methyl sites for hydroxylation is 1. The molecule has 5 nitrogen and oxygen atoms in total. The molecule has 2 aromatic carbocycles. The lowest BCUT2D eigenvalue weighted by Crippen LogP contribution is -2.41. The number of nitrogens with one attached hydrogen (secondary N) is 1. The molecular formula is C20H23NO4S. The summed E-state index contributed by atoms with van der Waals surface area (Å²) in [4.78, 5) is 0.262. The topological polar surface area (TPSA) is 75.6 Å². The highest BCUT2D eigenvalue weighted by atomic mass is 32.2. The van der Waals surface area contributed by atoms with Crippen LogP contribution in [0.1, 0.15) is 35.6 Å². The first-order valence-electron chi connectivity index (χ1n) is 8.95. The molecular weight excluding hydrogens is 350 g/mol. The summed E-state index contributed by atoms with van der Waals surface area (Å²) >= 11 is 0. The highest BCUT2D eigenvalue weighted by molar-refractivity contribution is 7.89. The monoisotopic (exact) mass is 373 g/mol. The molecule has 0 aromatic heterocycles. The Morgan fingerprint density at radius 3 is 2.58 bits per heavy atom. The van der Waals surface area contributed by atoms with Crippen LogP contribution in [0.25, 0.3) is 0 Å². The van der Waals surface area contributed by atoms with Crippen molar-refractivity contribution in [1.29, 1.82) is 0 Å². The van der Waals surface area contributed by atoms with Crippen molar-refractivity contribution in [1.82, 2.24) is 4.72 Å². The number of hydrogen-bond acceptors (Lipinski definition) is 4. The summed E-state index contributed by atoms with van der Waals surface area (Å²) in [5, 5.41) is 9.72. The van der Waals surface area contributed by atoms with E-state index in [2.05, 4.69) is 4.72 Å². The average Bonchev–Trinajstić information content (AvgIpc) is 3.05. The molecule has 2 N–H and O–H groups in total. The van der Waals surface area contributed by atoms with Gasteiger partial charge in [0.1, 0.15) is 5.75 Å². The zero-order valence-corrected chi connectivity index (χ0v) is 15.5. The van der Waals surface area contributed by atoms with E-state index in [4.69, 9.17) is 4.74 Å². The molecule has 1 aliphatic carbocycles. The fourth-order valence-corrected chi connectivity index (χ4v) is 4.98. The van der Waals surface area contributed by atoms with Gasteiger partial charge in [-0.3, -0.25) is 0 Å². The van der Waals surface area contributed by atoms with Crippen LogP contribution in [0.2, 0.25) is 0 Å². The molecule has 0 saturated heterocycles. The van der Waals surface area contributed by atoms with Gasteiger partial charge in [0.2, 0.25) is 10.0 Å². The van der Waals surface area contributed by atoms with Crippen molar-refractivity contribution in [3.63, 3.8) is 0 Å². The second-order valence-corrected chi connectivity index (χ2v) is 8.98. The normalized spacial score (nSPS) is 23.0. The van der Waals surface area contributed by atoms with Crippen LogP contribution in [0, 0.1) is 12.8 Å². The maximum Gasteiger partial charge on any atom is 0.241 e. The first kappa shape index (κ1) is 17.5. The third-order valence-corrected chi connectivity index (χ3v) is 6.76. The van der Waals surface area contributed by atoms with Crippen LogP contribution < -0.4 is 9.46 Å². The van der Waals surface area contributed by atoms with Crippen LogP contribution in [0.5, 0.6) is 5.75 Å². The van der Waals surface area contributed by atoms with Gasteiger partial charge in [-0.2, -0.15) is 0 Å². The molecule has 1 saturated carbocycles. The second-order valence-electron chi connectivity index (χ2n) is 7.26. The van der Waals surface area contributed by atoms with Crippen molar-refractivity contribution in [3.8, 4) is 5.75 Å². The summed E-state index contributed by atoms with van der Waals surface area (Å²) in [6.07, 6.45) is 1.71. The lowest BCUT2D eigenvalue weighted by molar-refractivity contribution is 0.0280. The first-order chi connectivity index (χ1) is 12.4. The minimum Gasteiger partial charge on any atom is -0.493 e. The molecule has 1 aliphatic heterocycles. The summed E-state index contributed by atoms with van der Waals surface area (Å²) < 4.78 is 34.2. The van der Waals surface area contributed by atoms with Gasteiger partial charge in [-0.25, -0.2) is 13.1 Å². The number of rotatable bonds is 5. The smallest absolute Gasteiger partial charge is 0.241 e. The Morgan fingerprint density at radius 1 is 1.15 bits per heavy atom. The third kappa shape index (κ3) is 3.37. The molecule has 0 spiro atoms. The molecule has 1 unspecified atom stereocenters. The molecule has 1 heterocycles. The molecule has 0 amide bonds. The van der Waals surface area contributed by atoms with Crippen LogP contribution in [0.3, 0.4) is 0 Å². The zero-order valence-electron chi connectivity index (χ0n) is 14.7. The van der Waals surface area contributed by atoms with Crippen molar-refractivity contribution >= 4 is 10.0 Å². The van der Waals surface area contributed by atoms with Gasteiger partial charge >= 0.3 is 0 Å². The van der Waals surface area contributed by atoms with E-state index >= 15 is 0 Å². The van der Waals surface area contributed by atoms with Crippen molar-refractivity contribution < 1.29 is 18.3 Å². The molecule has 138 valence electrons. The number of aliphatic hydroxyl groups is 1. The van der Waals surface area contributed by atoms with E-state index in [0.717, 1.165) is 28.9 Å². The first-order valence-corrected chi connectivity index (χ1v) is 10.4. The van der Waals surface area contributed by atoms with Crippen molar-refractivity contribution in [3.05, 3.63) is 59.2 Å². The summed E-state index contributed by atoms with van der Waals surface area (Å²) in [6, 6.07) is 12.4. The van der Waals surface area contributed by atoms with E-state index in [9.17, 15) is 13.5 Å². The van der Waals surface area contributed by atoms with Gasteiger partial charge in [-0.1, -0.05) is 29.8 Å². The van der Waals surface area contributed by atoms with E-state index in [1.807, 2.05) is 25.1 Å². The van der Waals surface area contributed by atoms with E-state index in [0.29, 0.717) is 19.4 Å². The van der Waals surface area contributed by atoms with Crippen LogP contribution in [0.15, 0.2) is 47.4 Å². The molecule has 0 bridgehead atoms. The minimum atomic E-state index is -3.64. The number of benzene rings is 2. The third-order valence-electron chi connectivity index (χ3n) is 5.31. The van der Waals surface area contributed by atoms with E-state index in [1.165, 1.54) is 0 Å². The van der Waals surface area contributed by atoms with Crippen molar-refractivity contribution in [2.75, 3.05) is 6.61 Å². The number of hydrogen-bond donors (Lipinski definition) is 2. The lowest BCUT2D eigenvalue weighted by Gasteiger charge is -2.38. The van der Waals surface area contributed by atoms with Crippen LogP contribution in [-0.4, -0.2) is 26.2 Å². The lowest BCUT2D eigenvalue weighted by atomic mass is 9.75. The zero-order chi connectivity index (χ0) is 18.3. The molecule has 1 atom stereocenters. The van der Waals surface area contributed by atoms with Crippen molar-refractivity contribution in [2.45, 2.75) is 43.2 Å². The minimum absolute atomic E-state index is 0.0885. The average molecular weight is 373 g/mol. The highest BCUT2D eigenvalue weighted by Gasteiger charge is 2.37. The van der Waals surface area contributed by atoms with Gasteiger partial charge in [-0.05, 0) is 55.0 Å². The van der Waals surface area contributed by atoms with E-state index in [-0.39, 0.29) is 23.0 Å². The Labute approximate surface area is 154 Å². The summed E-state index contributed by atoms with van der Waals surface area (Å²) in [5.74, 6) is 0.966. The fraction of sp³-hybridized carbons (Fsp3) is 0.400. The highest BCUT2D eigenvalue weighted by Crippen LogP contribution is 2.40. The molecule has 2 aromatic rings. The molecule has 2 aliphatic rings. The van der Waals surface area contributed by atoms with Gasteiger partial charge in [0.05, 0.1) is 17.6 Å². The summed E-state index contributed by atoms with van der Waals surface area (Å²) in [7, 11) is -3.64. The number of fused-ring (bicyclic) bond motifs is 1. The van der Waals surface area contributed by atoms with Gasteiger partial charge in [0.25, 0.3) is 0 Å². The standard InChI is InChI=1S/C20H23NO4S/c1-13-2-5-18(6-3-13)26(23,24)21-20(16-11-17(22)12-16)15-4-7-19-14(10-15)8-9-25-19/h2-7,10,16-17,20-22H,8-9,11-12H2,1H3. The predicted molar refractivity (Wildman–Crippen MR) is 98.6 cm³/mol. The Morgan fingerprint density at radius 2 is 1.88 bits per heavy atom. The Balaban J connectivity index is 1.64. The van der Waals surface area contributed by atoms with Gasteiger partial charge in [0.15, 0.2) is 0 Å². The van der Waals surface area contributed by atoms with Crippen LogP contribution >= 0.6 is 0 Å². The predicted octanol–water partition coefficient (Wildman–Crippen LogP) is 2.72. The molecule has 26 heavy (non-hydrogen) atoms. The van der Waals surface area contributed by atoms with E-state index < -0.39 is 10.0 Å². The maximum atomic E-state index is 12.9.